The summed E-state index contributed by atoms with van der Waals surface area (Å²) in [6.45, 7) is 5.36. The zero-order valence-electron chi connectivity index (χ0n) is 17.8. The molecule has 0 amide bonds. The number of rotatable bonds is 5. The molecule has 3 heterocycles. The second-order valence-electron chi connectivity index (χ2n) is 9.22. The molecule has 2 aromatic carbocycles. The van der Waals surface area contributed by atoms with Crippen molar-refractivity contribution in [3.05, 3.63) is 71.8 Å². The van der Waals surface area contributed by atoms with Crippen molar-refractivity contribution >= 4 is 5.97 Å². The summed E-state index contributed by atoms with van der Waals surface area (Å²) in [6, 6.07) is 20.9. The van der Waals surface area contributed by atoms with E-state index in [9.17, 15) is 4.79 Å². The first-order valence-corrected chi connectivity index (χ1v) is 10.8. The van der Waals surface area contributed by atoms with Crippen molar-refractivity contribution in [3.8, 4) is 0 Å². The zero-order valence-corrected chi connectivity index (χ0v) is 19.4. The van der Waals surface area contributed by atoms with Crippen LogP contribution < -0.4 is 17.0 Å². The van der Waals surface area contributed by atoms with Gasteiger partial charge in [-0.1, -0.05) is 60.7 Å². The first-order valence-electron chi connectivity index (χ1n) is 10.8. The number of quaternary nitrogens is 1. The smallest absolute Gasteiger partial charge is 0.321 e. The summed E-state index contributed by atoms with van der Waals surface area (Å²) in [5.74, 6) is -0.151. The van der Waals surface area contributed by atoms with Crippen molar-refractivity contribution in [2.45, 2.75) is 62.5 Å². The van der Waals surface area contributed by atoms with Crippen molar-refractivity contribution < 1.29 is 35.7 Å². The molecule has 0 aromatic heterocycles. The average Bonchev–Trinajstić information content (AvgIpc) is 3.53. The summed E-state index contributed by atoms with van der Waals surface area (Å²) in [6.07, 6.45) is 2.49. The van der Waals surface area contributed by atoms with Crippen molar-refractivity contribution in [2.24, 2.45) is 0 Å². The van der Waals surface area contributed by atoms with E-state index in [1.54, 1.807) is 0 Å². The van der Waals surface area contributed by atoms with Gasteiger partial charge in [0.25, 0.3) is 0 Å². The molecule has 3 fully saturated rings. The van der Waals surface area contributed by atoms with Crippen molar-refractivity contribution in [1.29, 1.82) is 0 Å². The lowest BCUT2D eigenvalue weighted by atomic mass is 9.76. The molecule has 0 spiro atoms. The first-order chi connectivity index (χ1) is 14.0. The lowest BCUT2D eigenvalue weighted by Gasteiger charge is -2.48. The first kappa shape index (κ1) is 21.5. The molecule has 2 aromatic rings. The van der Waals surface area contributed by atoms with Crippen LogP contribution in [0, 0.1) is 0 Å². The quantitative estimate of drug-likeness (QED) is 0.365. The van der Waals surface area contributed by atoms with Crippen molar-refractivity contribution in [1.82, 2.24) is 0 Å². The molecule has 5 heteroatoms. The summed E-state index contributed by atoms with van der Waals surface area (Å²) in [5, 5.41) is 0. The lowest BCUT2D eigenvalue weighted by Crippen LogP contribution is -3.00. The SMILES string of the molecule is CC[N+]1(C)C2CC(OC(=O)C(C)(c3ccccc3)c3ccccc3)C[C@H]1[C@H]1OC21.[Br-]. The highest BCUT2D eigenvalue weighted by Crippen LogP contribution is 2.52. The Balaban J connectivity index is 0.00000218. The Morgan fingerprint density at radius 2 is 1.47 bits per heavy atom. The van der Waals surface area contributed by atoms with Crippen molar-refractivity contribution in [3.63, 3.8) is 0 Å². The minimum Gasteiger partial charge on any atom is -1.00 e. The third-order valence-electron chi connectivity index (χ3n) is 7.91. The molecule has 0 N–H and O–H groups in total. The molecular formula is C25H30BrNO3. The summed E-state index contributed by atoms with van der Waals surface area (Å²) in [7, 11) is 2.35. The van der Waals surface area contributed by atoms with Gasteiger partial charge < -0.3 is 30.9 Å². The maximum Gasteiger partial charge on any atom is 0.321 e. The number of epoxide rings is 1. The second-order valence-corrected chi connectivity index (χ2v) is 9.22. The topological polar surface area (TPSA) is 38.8 Å². The highest BCUT2D eigenvalue weighted by Gasteiger charge is 2.71. The Kier molecular flexibility index (Phi) is 5.58. The van der Waals surface area contributed by atoms with Gasteiger partial charge in [-0.15, -0.1) is 0 Å². The Morgan fingerprint density at radius 1 is 1.00 bits per heavy atom. The molecule has 3 saturated heterocycles. The molecule has 4 unspecified atom stereocenters. The minimum absolute atomic E-state index is 0. The normalized spacial score (nSPS) is 33.9. The van der Waals surface area contributed by atoms with Crippen LogP contribution in [0.5, 0.6) is 0 Å². The predicted molar refractivity (Wildman–Crippen MR) is 111 cm³/mol. The van der Waals surface area contributed by atoms with Gasteiger partial charge in [-0.25, -0.2) is 0 Å². The largest absolute Gasteiger partial charge is 1.00 e. The molecule has 5 rings (SSSR count). The van der Waals surface area contributed by atoms with Gasteiger partial charge in [0.2, 0.25) is 0 Å². The van der Waals surface area contributed by atoms with E-state index in [2.05, 4.69) is 14.0 Å². The number of morpholine rings is 1. The van der Waals surface area contributed by atoms with Gasteiger partial charge in [-0.05, 0) is 25.0 Å². The van der Waals surface area contributed by atoms with Crippen LogP contribution >= 0.6 is 0 Å². The van der Waals surface area contributed by atoms with E-state index in [0.717, 1.165) is 35.0 Å². The maximum absolute atomic E-state index is 13.6. The van der Waals surface area contributed by atoms with E-state index in [1.807, 2.05) is 67.6 Å². The van der Waals surface area contributed by atoms with E-state index in [1.165, 1.54) is 0 Å². The Hall–Kier alpha value is -1.69. The van der Waals surface area contributed by atoms with Gasteiger partial charge in [-0.3, -0.25) is 4.79 Å². The molecule has 6 atom stereocenters. The van der Waals surface area contributed by atoms with Gasteiger partial charge in [0.1, 0.15) is 35.8 Å². The van der Waals surface area contributed by atoms with E-state index in [0.29, 0.717) is 24.3 Å². The number of nitrogens with zero attached hydrogens (tertiary/aromatic N) is 1. The number of fused-ring (bicyclic) bond motifs is 5. The lowest BCUT2D eigenvalue weighted by molar-refractivity contribution is -0.954. The third-order valence-corrected chi connectivity index (χ3v) is 7.91. The highest BCUT2D eigenvalue weighted by molar-refractivity contribution is 5.87. The summed E-state index contributed by atoms with van der Waals surface area (Å²) in [4.78, 5) is 13.6. The van der Waals surface area contributed by atoms with Crippen LogP contribution in [-0.4, -0.2) is 54.4 Å². The number of esters is 1. The van der Waals surface area contributed by atoms with Crippen molar-refractivity contribution in [2.75, 3.05) is 13.6 Å². The average molecular weight is 472 g/mol. The fourth-order valence-electron chi connectivity index (χ4n) is 5.84. The molecule has 0 radical (unpaired) electrons. The number of halogens is 1. The Bertz CT molecular complexity index is 846. The second kappa shape index (κ2) is 7.77. The van der Waals surface area contributed by atoms with Crippen LogP contribution in [0.2, 0.25) is 0 Å². The number of ether oxygens (including phenoxy) is 2. The third kappa shape index (κ3) is 3.14. The molecular weight excluding hydrogens is 442 g/mol. The van der Waals surface area contributed by atoms with Crippen LogP contribution in [-0.2, 0) is 19.7 Å². The van der Waals surface area contributed by atoms with E-state index >= 15 is 0 Å². The number of carbonyl (C=O) groups excluding carboxylic acids is 1. The summed E-state index contributed by atoms with van der Waals surface area (Å²) >= 11 is 0. The monoisotopic (exact) mass is 471 g/mol. The van der Waals surface area contributed by atoms with E-state index < -0.39 is 5.41 Å². The number of carbonyl (C=O) groups is 1. The highest BCUT2D eigenvalue weighted by atomic mass is 79.9. The van der Waals surface area contributed by atoms with Gasteiger partial charge >= 0.3 is 5.97 Å². The fourth-order valence-corrected chi connectivity index (χ4v) is 5.84. The maximum atomic E-state index is 13.6. The molecule has 160 valence electrons. The molecule has 0 saturated carbocycles. The summed E-state index contributed by atoms with van der Waals surface area (Å²) in [5.41, 5.74) is 1.12. The number of likely N-dealkylation sites (N-methyl/N-ethyl adjacent to an activating group) is 1. The van der Waals surface area contributed by atoms with Crippen LogP contribution in [0.3, 0.4) is 0 Å². The number of piperidine rings is 1. The fraction of sp³-hybridized carbons (Fsp3) is 0.480. The number of hydrogen-bond acceptors (Lipinski definition) is 3. The zero-order chi connectivity index (χ0) is 20.2. The standard InChI is InChI=1S/C25H30NO3.BrH/c1-4-26(3)20-15-19(16-21(26)23-22(20)29-23)28-24(27)25(2,17-11-7-5-8-12-17)18-13-9-6-10-14-18;/h5-14,19-23H,4,15-16H2,1-3H3;1H/q+1;/p-1/t19?,20-,21?,22+,23?,26?;/m0./s1. The van der Waals surface area contributed by atoms with Crippen LogP contribution in [0.25, 0.3) is 0 Å². The molecule has 2 bridgehead atoms. The van der Waals surface area contributed by atoms with Crippen LogP contribution in [0.15, 0.2) is 60.7 Å². The van der Waals surface area contributed by atoms with Gasteiger partial charge in [0.15, 0.2) is 0 Å². The minimum atomic E-state index is -0.818. The molecule has 3 aliphatic heterocycles. The summed E-state index contributed by atoms with van der Waals surface area (Å²) < 4.78 is 13.2. The van der Waals surface area contributed by atoms with Crippen LogP contribution in [0.1, 0.15) is 37.8 Å². The Morgan fingerprint density at radius 3 is 1.90 bits per heavy atom. The predicted octanol–water partition coefficient (Wildman–Crippen LogP) is 0.687. The van der Waals surface area contributed by atoms with E-state index in [-0.39, 0.29) is 29.1 Å². The van der Waals surface area contributed by atoms with E-state index in [4.69, 9.17) is 9.47 Å². The van der Waals surface area contributed by atoms with Gasteiger partial charge in [0.05, 0.1) is 13.6 Å². The van der Waals surface area contributed by atoms with Gasteiger partial charge in [-0.2, -0.15) is 0 Å². The van der Waals surface area contributed by atoms with Gasteiger partial charge in [0, 0.05) is 12.8 Å². The molecule has 30 heavy (non-hydrogen) atoms. The molecule has 0 aliphatic carbocycles. The van der Waals surface area contributed by atoms with Crippen LogP contribution in [0.4, 0.5) is 0 Å². The number of benzene rings is 2. The Labute approximate surface area is 189 Å². The number of hydrogen-bond donors (Lipinski definition) is 0. The molecule has 3 aliphatic rings. The molecule has 4 nitrogen and oxygen atoms in total.